The van der Waals surface area contributed by atoms with E-state index in [1.165, 1.54) is 6.92 Å². The molecule has 0 aromatic heterocycles. The second-order valence-electron chi connectivity index (χ2n) is 3.91. The van der Waals surface area contributed by atoms with E-state index in [0.717, 1.165) is 6.92 Å². The van der Waals surface area contributed by atoms with Gasteiger partial charge in [0, 0.05) is 12.1 Å². The Balaban J connectivity index is 3.19. The summed E-state index contributed by atoms with van der Waals surface area (Å²) in [5, 5.41) is 12.4. The summed E-state index contributed by atoms with van der Waals surface area (Å²) in [7, 11) is 0. The minimum Gasteiger partial charge on any atom is -0.448 e. The zero-order valence-electron chi connectivity index (χ0n) is 9.96. The van der Waals surface area contributed by atoms with Gasteiger partial charge < -0.3 is 9.84 Å². The lowest BCUT2D eigenvalue weighted by Crippen LogP contribution is -2.64. The van der Waals surface area contributed by atoms with Crippen LogP contribution in [0.2, 0.25) is 0 Å². The molecule has 0 spiro atoms. The highest BCUT2D eigenvalue weighted by Gasteiger charge is 2.75. The summed E-state index contributed by atoms with van der Waals surface area (Å²) >= 11 is 0. The molecule has 19 heavy (non-hydrogen) atoms. The molecule has 0 aromatic carbocycles. The van der Waals surface area contributed by atoms with Crippen LogP contribution in [0.15, 0.2) is 5.10 Å². The van der Waals surface area contributed by atoms with E-state index in [-0.39, 0.29) is 17.3 Å². The molecule has 1 rings (SSSR count). The molecule has 110 valence electrons. The predicted molar refractivity (Wildman–Crippen MR) is 52.5 cm³/mol. The van der Waals surface area contributed by atoms with Crippen LogP contribution in [0.3, 0.4) is 0 Å². The molecule has 0 saturated carbocycles. The van der Waals surface area contributed by atoms with Crippen molar-refractivity contribution in [3.05, 3.63) is 0 Å². The minimum absolute atomic E-state index is 0.250. The summed E-state index contributed by atoms with van der Waals surface area (Å²) in [5.74, 6) is -5.55. The molecule has 0 saturated heterocycles. The van der Waals surface area contributed by atoms with Gasteiger partial charge >= 0.3 is 18.2 Å². The summed E-state index contributed by atoms with van der Waals surface area (Å²) in [5.41, 5.74) is -4.07. The van der Waals surface area contributed by atoms with E-state index in [4.69, 9.17) is 0 Å². The first-order valence-electron chi connectivity index (χ1n) is 5.15. The lowest BCUT2D eigenvalue weighted by molar-refractivity contribution is -0.363. The van der Waals surface area contributed by atoms with Gasteiger partial charge in [-0.3, -0.25) is 0 Å². The van der Waals surface area contributed by atoms with E-state index < -0.39 is 30.3 Å². The van der Waals surface area contributed by atoms with E-state index in [0.29, 0.717) is 0 Å². The molecule has 0 bridgehead atoms. The van der Waals surface area contributed by atoms with Crippen LogP contribution in [0.1, 0.15) is 20.3 Å². The van der Waals surface area contributed by atoms with Crippen LogP contribution in [0.5, 0.6) is 0 Å². The van der Waals surface area contributed by atoms with Crippen LogP contribution in [-0.2, 0) is 4.74 Å². The first-order valence-corrected chi connectivity index (χ1v) is 5.15. The quantitative estimate of drug-likeness (QED) is 0.792. The molecule has 0 radical (unpaired) electrons. The molecular formula is C9H11F5N2O3. The first kappa shape index (κ1) is 15.6. The van der Waals surface area contributed by atoms with Gasteiger partial charge in [-0.1, -0.05) is 0 Å². The molecule has 10 heteroatoms. The lowest BCUT2D eigenvalue weighted by Gasteiger charge is -2.37. The summed E-state index contributed by atoms with van der Waals surface area (Å²) < 4.78 is 68.0. The Morgan fingerprint density at radius 2 is 2.00 bits per heavy atom. The Hall–Kier alpha value is -1.45. The van der Waals surface area contributed by atoms with Gasteiger partial charge in [0.2, 0.25) is 5.72 Å². The van der Waals surface area contributed by atoms with E-state index in [9.17, 15) is 31.9 Å². The molecule has 1 amide bonds. The van der Waals surface area contributed by atoms with Gasteiger partial charge in [0.25, 0.3) is 0 Å². The number of carbonyl (C=O) groups excluding carboxylic acids is 1. The Bertz CT molecular complexity index is 409. The largest absolute Gasteiger partial charge is 0.458 e. The summed E-state index contributed by atoms with van der Waals surface area (Å²) in [6, 6.07) is 0. The highest BCUT2D eigenvalue weighted by atomic mass is 19.4. The Kier molecular flexibility index (Phi) is 3.76. The van der Waals surface area contributed by atoms with Crippen LogP contribution in [0.4, 0.5) is 26.7 Å². The minimum atomic E-state index is -6.04. The predicted octanol–water partition coefficient (Wildman–Crippen LogP) is 2.11. The zero-order chi connectivity index (χ0) is 15.1. The molecule has 0 aliphatic carbocycles. The van der Waals surface area contributed by atoms with Gasteiger partial charge in [0.15, 0.2) is 0 Å². The number of aliphatic hydroxyl groups is 1. The van der Waals surface area contributed by atoms with Crippen molar-refractivity contribution in [2.75, 3.05) is 6.61 Å². The van der Waals surface area contributed by atoms with Crippen molar-refractivity contribution in [1.82, 2.24) is 5.01 Å². The van der Waals surface area contributed by atoms with Crippen molar-refractivity contribution in [1.29, 1.82) is 0 Å². The van der Waals surface area contributed by atoms with Crippen LogP contribution < -0.4 is 0 Å². The fourth-order valence-electron chi connectivity index (χ4n) is 1.57. The van der Waals surface area contributed by atoms with Crippen LogP contribution in [0, 0.1) is 0 Å². The molecule has 1 aliphatic rings. The van der Waals surface area contributed by atoms with E-state index in [1.54, 1.807) is 0 Å². The van der Waals surface area contributed by atoms with Crippen molar-refractivity contribution in [3.63, 3.8) is 0 Å². The Morgan fingerprint density at radius 1 is 1.47 bits per heavy atom. The smallest absolute Gasteiger partial charge is 0.448 e. The number of carbonyl (C=O) groups is 1. The molecule has 1 heterocycles. The third-order valence-electron chi connectivity index (χ3n) is 2.42. The molecule has 5 nitrogen and oxygen atoms in total. The highest BCUT2D eigenvalue weighted by molar-refractivity contribution is 5.87. The molecule has 0 fully saturated rings. The molecule has 0 unspecified atom stereocenters. The number of alkyl halides is 5. The maximum atomic E-state index is 13.3. The van der Waals surface area contributed by atoms with E-state index in [1.807, 2.05) is 0 Å². The number of amides is 1. The van der Waals surface area contributed by atoms with Crippen LogP contribution >= 0.6 is 0 Å². The van der Waals surface area contributed by atoms with E-state index >= 15 is 0 Å². The fourth-order valence-corrected chi connectivity index (χ4v) is 1.57. The van der Waals surface area contributed by atoms with Gasteiger partial charge in [-0.15, -0.1) is 0 Å². The number of hydrogen-bond acceptors (Lipinski definition) is 4. The number of hydrazone groups is 1. The molecule has 0 aromatic rings. The summed E-state index contributed by atoms with van der Waals surface area (Å²) in [6.07, 6.45) is -8.74. The molecular weight excluding hydrogens is 279 g/mol. The topological polar surface area (TPSA) is 62.1 Å². The number of halogens is 5. The maximum absolute atomic E-state index is 13.3. The third-order valence-corrected chi connectivity index (χ3v) is 2.42. The van der Waals surface area contributed by atoms with Crippen molar-refractivity contribution >= 4 is 11.8 Å². The molecule has 1 N–H and O–H groups in total. The second-order valence-corrected chi connectivity index (χ2v) is 3.91. The van der Waals surface area contributed by atoms with Gasteiger partial charge in [0.05, 0.1) is 6.61 Å². The van der Waals surface area contributed by atoms with Gasteiger partial charge in [-0.25, -0.2) is 4.79 Å². The monoisotopic (exact) mass is 290 g/mol. The maximum Gasteiger partial charge on any atom is 0.458 e. The Labute approximate surface area is 104 Å². The normalized spacial score (nSPS) is 24.4. The average Bonchev–Trinajstić information content (AvgIpc) is 2.54. The number of hydrogen-bond donors (Lipinski definition) is 1. The number of rotatable bonds is 2. The fraction of sp³-hybridized carbons (Fsp3) is 0.778. The lowest BCUT2D eigenvalue weighted by atomic mass is 9.99. The summed E-state index contributed by atoms with van der Waals surface area (Å²) in [6.45, 7) is 2.17. The SMILES string of the molecule is CCOC(=O)N1N=C(C)C[C@@]1(O)C(F)(F)C(F)(F)F. The average molecular weight is 290 g/mol. The van der Waals surface area contributed by atoms with Crippen molar-refractivity contribution in [2.45, 2.75) is 38.1 Å². The van der Waals surface area contributed by atoms with Crippen molar-refractivity contribution < 1.29 is 36.6 Å². The van der Waals surface area contributed by atoms with Gasteiger partial charge in [-0.05, 0) is 13.8 Å². The highest BCUT2D eigenvalue weighted by Crippen LogP contribution is 2.48. The van der Waals surface area contributed by atoms with Crippen molar-refractivity contribution in [3.8, 4) is 0 Å². The molecule has 1 aliphatic heterocycles. The van der Waals surface area contributed by atoms with Crippen molar-refractivity contribution in [2.24, 2.45) is 5.10 Å². The van der Waals surface area contributed by atoms with E-state index in [2.05, 4.69) is 9.84 Å². The standard InChI is InChI=1S/C9H11F5N2O3/c1-3-19-6(17)16-7(18,4-5(2)15-16)8(10,11)9(12,13)14/h18H,3-4H2,1-2H3/t7-/m1/s1. The van der Waals surface area contributed by atoms with Gasteiger partial charge in [-0.2, -0.15) is 32.1 Å². The summed E-state index contributed by atoms with van der Waals surface area (Å²) in [4.78, 5) is 11.3. The van der Waals surface area contributed by atoms with Crippen LogP contribution in [0.25, 0.3) is 0 Å². The first-order chi connectivity index (χ1) is 8.47. The zero-order valence-corrected chi connectivity index (χ0v) is 9.96. The third kappa shape index (κ3) is 2.36. The van der Waals surface area contributed by atoms with Crippen LogP contribution in [-0.4, -0.2) is 46.4 Å². The number of nitrogens with zero attached hydrogens (tertiary/aromatic N) is 2. The number of ether oxygens (including phenoxy) is 1. The Morgan fingerprint density at radius 3 is 2.42 bits per heavy atom. The molecule has 1 atom stereocenters. The van der Waals surface area contributed by atoms with Gasteiger partial charge in [0.1, 0.15) is 0 Å². The second kappa shape index (κ2) is 4.58.